The molecule has 5 atom stereocenters. The zero-order chi connectivity index (χ0) is 25.1. The first-order valence-corrected chi connectivity index (χ1v) is 12.3. The van der Waals surface area contributed by atoms with Gasteiger partial charge in [-0.05, 0) is 6.92 Å². The van der Waals surface area contributed by atoms with Crippen LogP contribution in [0, 0.1) is 0 Å². The van der Waals surface area contributed by atoms with E-state index in [1.807, 2.05) is 5.48 Å². The van der Waals surface area contributed by atoms with E-state index in [0.717, 1.165) is 12.4 Å². The molecule has 4 rings (SSSR count). The molecule has 19 heteroatoms. The lowest BCUT2D eigenvalue weighted by molar-refractivity contribution is -0.111. The number of aliphatic hydroxyl groups excluding tert-OH is 1. The van der Waals surface area contributed by atoms with Gasteiger partial charge in [-0.1, -0.05) is 0 Å². The summed E-state index contributed by atoms with van der Waals surface area (Å²) in [5.41, 5.74) is 0.195. The van der Waals surface area contributed by atoms with Crippen LogP contribution in [0.15, 0.2) is 18.6 Å². The van der Waals surface area contributed by atoms with E-state index in [9.17, 15) is 34.2 Å². The largest absolute Gasteiger partial charge is 0.481 e. The average molecular weight is 523 g/mol. The highest BCUT2D eigenvalue weighted by Crippen LogP contribution is 2.58. The third kappa shape index (κ3) is 4.51. The number of nitrogens with one attached hydrogen (secondary N) is 2. The molecule has 2 aromatic heterocycles. The highest BCUT2D eigenvalue weighted by atomic mass is 31.3. The monoisotopic (exact) mass is 523 g/mol. The minimum atomic E-state index is -5.36. The van der Waals surface area contributed by atoms with E-state index in [2.05, 4.69) is 24.1 Å². The van der Waals surface area contributed by atoms with Crippen LogP contribution in [-0.2, 0) is 27.5 Å². The van der Waals surface area contributed by atoms with E-state index < -0.39 is 52.2 Å². The van der Waals surface area contributed by atoms with Gasteiger partial charge in [0.2, 0.25) is 0 Å². The molecule has 1 fully saturated rings. The van der Waals surface area contributed by atoms with Crippen LogP contribution >= 0.6 is 15.6 Å². The molecule has 186 valence electrons. The number of hydrogen-bond acceptors (Lipinski definition) is 12. The molecule has 1 amide bonds. The molecule has 0 saturated carbocycles. The molecule has 2 aliphatic heterocycles. The number of hydroxylamine groups is 1. The number of aliphatic hydroxyl groups is 2. The van der Waals surface area contributed by atoms with Crippen LogP contribution in [0.4, 0.5) is 5.82 Å². The summed E-state index contributed by atoms with van der Waals surface area (Å²) in [7, 11) is -10.6. The molecule has 1 unspecified atom stereocenters. The summed E-state index contributed by atoms with van der Waals surface area (Å²) in [6.07, 6.45) is -1.01. The molecule has 0 radical (unpaired) electrons. The quantitative estimate of drug-likeness (QED) is 0.159. The molecule has 0 aliphatic carbocycles. The number of carbonyl (C=O) groups excluding carboxylic acids is 1. The standard InChI is InChI=1S/C15H19N5O12P2/c1-15(23)11(22)8(4-30-34(28,29)32-33(25,26)27)31-14(15)20-3-6-7(19-24)2-9(21)18-12-10(6)13(20)17-5-16-12/h2-3,5,8,11,14,19,22-24H,4H2,1H3,(H,28,29)(H2,25,26,27)(H,16,17,18,21)/t8-,11-,14-,15-/m1/s1. The van der Waals surface area contributed by atoms with Crippen molar-refractivity contribution in [1.29, 1.82) is 0 Å². The van der Waals surface area contributed by atoms with Gasteiger partial charge in [0, 0.05) is 17.8 Å². The van der Waals surface area contributed by atoms with Crippen molar-refractivity contribution in [2.24, 2.45) is 0 Å². The maximum Gasteiger partial charge on any atom is 0.481 e. The number of phosphoric acid groups is 2. The second-order valence-corrected chi connectivity index (χ2v) is 10.4. The first-order valence-electron chi connectivity index (χ1n) is 9.32. The van der Waals surface area contributed by atoms with Crippen LogP contribution in [0.1, 0.15) is 18.7 Å². The van der Waals surface area contributed by atoms with Crippen LogP contribution in [-0.4, -0.2) is 75.0 Å². The number of nitrogens with zero attached hydrogens (tertiary/aromatic N) is 3. The lowest BCUT2D eigenvalue weighted by Crippen LogP contribution is -2.44. The summed E-state index contributed by atoms with van der Waals surface area (Å²) in [6, 6.07) is 0. The summed E-state index contributed by atoms with van der Waals surface area (Å²) in [6.45, 7) is 0.308. The summed E-state index contributed by atoms with van der Waals surface area (Å²) in [4.78, 5) is 47.0. The average Bonchev–Trinajstić information content (AvgIpc) is 3.13. The van der Waals surface area contributed by atoms with Gasteiger partial charge in [-0.25, -0.2) is 19.1 Å². The topological polar surface area (TPSA) is 255 Å². The number of aromatic nitrogens is 3. The molecule has 2 aromatic rings. The Morgan fingerprint density at radius 2 is 2.03 bits per heavy atom. The summed E-state index contributed by atoms with van der Waals surface area (Å²) >= 11 is 0. The van der Waals surface area contributed by atoms with Gasteiger partial charge in [-0.15, -0.1) is 0 Å². The Morgan fingerprint density at radius 1 is 1.32 bits per heavy atom. The molecule has 1 saturated heterocycles. The number of amides is 1. The molecule has 0 bridgehead atoms. The molecule has 17 nitrogen and oxygen atoms in total. The van der Waals surface area contributed by atoms with E-state index in [1.54, 1.807) is 0 Å². The minimum absolute atomic E-state index is 0.0244. The fourth-order valence-electron chi connectivity index (χ4n) is 3.72. The van der Waals surface area contributed by atoms with Crippen molar-refractivity contribution >= 4 is 44.1 Å². The summed E-state index contributed by atoms with van der Waals surface area (Å²) < 4.78 is 37.7. The van der Waals surface area contributed by atoms with Gasteiger partial charge in [0.1, 0.15) is 35.6 Å². The van der Waals surface area contributed by atoms with Crippen LogP contribution < -0.4 is 10.8 Å². The van der Waals surface area contributed by atoms with Crippen LogP contribution in [0.25, 0.3) is 16.7 Å². The number of ether oxygens (including phenoxy) is 1. The van der Waals surface area contributed by atoms with Gasteiger partial charge >= 0.3 is 15.6 Å². The van der Waals surface area contributed by atoms with E-state index in [1.165, 1.54) is 17.7 Å². The lowest BCUT2D eigenvalue weighted by Gasteiger charge is -2.27. The molecule has 4 heterocycles. The molecule has 0 aromatic carbocycles. The number of carbonyl (C=O) groups is 1. The van der Waals surface area contributed by atoms with E-state index >= 15 is 0 Å². The number of hydrogen-bond donors (Lipinski definition) is 8. The minimum Gasteiger partial charge on any atom is -0.387 e. The van der Waals surface area contributed by atoms with Crippen molar-refractivity contribution in [2.75, 3.05) is 11.9 Å². The van der Waals surface area contributed by atoms with E-state index in [4.69, 9.17) is 14.5 Å². The zero-order valence-corrected chi connectivity index (χ0v) is 18.8. The second kappa shape index (κ2) is 8.44. The fourth-order valence-corrected chi connectivity index (χ4v) is 5.32. The fraction of sp³-hybridized carbons (Fsp3) is 0.400. The van der Waals surface area contributed by atoms with Gasteiger partial charge in [-0.2, -0.15) is 4.31 Å². The van der Waals surface area contributed by atoms with Gasteiger partial charge in [0.05, 0.1) is 17.7 Å². The van der Waals surface area contributed by atoms with Crippen molar-refractivity contribution in [3.8, 4) is 0 Å². The Morgan fingerprint density at radius 3 is 2.68 bits per heavy atom. The first kappa shape index (κ1) is 24.8. The van der Waals surface area contributed by atoms with E-state index in [-0.39, 0.29) is 28.1 Å². The van der Waals surface area contributed by atoms with Gasteiger partial charge in [0.25, 0.3) is 5.91 Å². The maximum absolute atomic E-state index is 12.0. The van der Waals surface area contributed by atoms with E-state index in [0.29, 0.717) is 0 Å². The van der Waals surface area contributed by atoms with Crippen molar-refractivity contribution in [3.05, 3.63) is 24.2 Å². The number of anilines is 1. The van der Waals surface area contributed by atoms with Crippen LogP contribution in [0.2, 0.25) is 0 Å². The summed E-state index contributed by atoms with van der Waals surface area (Å²) in [5.74, 6) is -0.485. The van der Waals surface area contributed by atoms with Crippen LogP contribution in [0.5, 0.6) is 0 Å². The second-order valence-electron chi connectivity index (χ2n) is 7.56. The van der Waals surface area contributed by atoms with Crippen molar-refractivity contribution in [1.82, 2.24) is 20.0 Å². The highest BCUT2D eigenvalue weighted by molar-refractivity contribution is 7.60. The lowest BCUT2D eigenvalue weighted by atomic mass is 9.96. The Balaban J connectivity index is 1.68. The van der Waals surface area contributed by atoms with Crippen LogP contribution in [0.3, 0.4) is 0 Å². The van der Waals surface area contributed by atoms with Crippen molar-refractivity contribution in [3.63, 3.8) is 0 Å². The summed E-state index contributed by atoms with van der Waals surface area (Å²) in [5, 5.41) is 33.8. The molecular formula is C15H19N5O12P2. The molecule has 34 heavy (non-hydrogen) atoms. The Bertz CT molecular complexity index is 1270. The number of phosphoric ester groups is 1. The number of rotatable bonds is 7. The maximum atomic E-state index is 12.0. The highest BCUT2D eigenvalue weighted by Gasteiger charge is 2.54. The SMILES string of the molecule is C[C@@]1(O)[C@H](O)[C@@H](COP(=O)(O)OP(=O)(O)O)O[C@H]1n1cc2c3c(ncnc31)NC(=O)C=C2NO. The van der Waals surface area contributed by atoms with Crippen molar-refractivity contribution < 1.29 is 57.6 Å². The third-order valence-electron chi connectivity index (χ3n) is 5.16. The predicted octanol–water partition coefficient (Wildman–Crippen LogP) is -1.06. The third-order valence-corrected chi connectivity index (χ3v) is 7.31. The Kier molecular flexibility index (Phi) is 6.17. The smallest absolute Gasteiger partial charge is 0.387 e. The normalized spacial score (nSPS) is 28.9. The van der Waals surface area contributed by atoms with Gasteiger partial charge < -0.3 is 39.5 Å². The van der Waals surface area contributed by atoms with Gasteiger partial charge in [-0.3, -0.25) is 20.0 Å². The predicted molar refractivity (Wildman–Crippen MR) is 109 cm³/mol. The molecule has 2 aliphatic rings. The molecule has 8 N–H and O–H groups in total. The zero-order valence-electron chi connectivity index (χ0n) is 17.0. The molecular weight excluding hydrogens is 504 g/mol. The first-order chi connectivity index (χ1) is 15.7. The Labute approximate surface area is 189 Å². The Hall–Kier alpha value is -2.27. The molecule has 0 spiro atoms. The van der Waals surface area contributed by atoms with Crippen molar-refractivity contribution in [2.45, 2.75) is 31.0 Å². The van der Waals surface area contributed by atoms with Gasteiger partial charge in [0.15, 0.2) is 6.23 Å².